The topological polar surface area (TPSA) is 67.7 Å². The van der Waals surface area contributed by atoms with Gasteiger partial charge in [-0.2, -0.15) is 5.10 Å². The van der Waals surface area contributed by atoms with E-state index in [-0.39, 0.29) is 17.9 Å². The van der Waals surface area contributed by atoms with E-state index in [0.717, 1.165) is 29.5 Å². The zero-order chi connectivity index (χ0) is 24.4. The lowest BCUT2D eigenvalue weighted by Crippen LogP contribution is -2.52. The summed E-state index contributed by atoms with van der Waals surface area (Å²) in [6, 6.07) is 16.5. The molecule has 0 N–H and O–H groups in total. The average molecular weight is 473 g/mol. The molecule has 7 heteroatoms. The molecule has 0 saturated carbocycles. The maximum absolute atomic E-state index is 13.6. The second-order valence-corrected chi connectivity index (χ2v) is 9.56. The monoisotopic (exact) mass is 472 g/mol. The first kappa shape index (κ1) is 23.3. The Morgan fingerprint density at radius 1 is 0.914 bits per heavy atom. The highest BCUT2D eigenvalue weighted by Crippen LogP contribution is 2.25. The van der Waals surface area contributed by atoms with Crippen LogP contribution in [-0.4, -0.2) is 70.3 Å². The van der Waals surface area contributed by atoms with Crippen LogP contribution in [-0.2, 0) is 16.1 Å². The molecule has 1 atom stereocenters. The first-order valence-corrected chi connectivity index (χ1v) is 12.4. The summed E-state index contributed by atoms with van der Waals surface area (Å²) in [6.45, 7) is 7.44. The van der Waals surface area contributed by atoms with E-state index in [1.54, 1.807) is 0 Å². The third-order valence-electron chi connectivity index (χ3n) is 6.87. The fourth-order valence-corrected chi connectivity index (χ4v) is 4.74. The Morgan fingerprint density at radius 3 is 2.17 bits per heavy atom. The van der Waals surface area contributed by atoms with Gasteiger partial charge >= 0.3 is 0 Å². The van der Waals surface area contributed by atoms with Crippen LogP contribution in [0.15, 0.2) is 54.7 Å². The molecule has 2 fully saturated rings. The maximum Gasteiger partial charge on any atom is 0.257 e. The van der Waals surface area contributed by atoms with Gasteiger partial charge in [-0.15, -0.1) is 0 Å². The second-order valence-electron chi connectivity index (χ2n) is 9.56. The molecular formula is C28H32N4O3. The summed E-state index contributed by atoms with van der Waals surface area (Å²) in [4.78, 5) is 30.0. The minimum Gasteiger partial charge on any atom is -0.368 e. The predicted molar refractivity (Wildman–Crippen MR) is 134 cm³/mol. The number of benzene rings is 2. The normalized spacial score (nSPS) is 18.2. The summed E-state index contributed by atoms with van der Waals surface area (Å²) in [6.07, 6.45) is 3.27. The van der Waals surface area contributed by atoms with Crippen molar-refractivity contribution in [3.05, 3.63) is 77.0 Å². The second kappa shape index (κ2) is 10.0. The van der Waals surface area contributed by atoms with Gasteiger partial charge in [-0.25, -0.2) is 0 Å². The molecular weight excluding hydrogens is 440 g/mol. The first-order chi connectivity index (χ1) is 17.0. The molecule has 1 unspecified atom stereocenters. The lowest BCUT2D eigenvalue weighted by Gasteiger charge is -2.35. The van der Waals surface area contributed by atoms with E-state index < -0.39 is 0 Å². The van der Waals surface area contributed by atoms with Gasteiger partial charge in [0.15, 0.2) is 0 Å². The van der Waals surface area contributed by atoms with Crippen molar-refractivity contribution in [1.29, 1.82) is 0 Å². The summed E-state index contributed by atoms with van der Waals surface area (Å²) < 4.78 is 7.41. The highest BCUT2D eigenvalue weighted by atomic mass is 16.5. The standard InChI is InChI=1S/C28H32N4O3/c1-20-5-9-22(10-6-20)18-32-19-24(26(29-32)23-11-7-21(2)8-12-23)27(33)30-13-15-31(16-14-30)28(34)25-4-3-17-35-25/h5-12,19,25H,3-4,13-18H2,1-2H3. The van der Waals surface area contributed by atoms with Crippen molar-refractivity contribution in [2.24, 2.45) is 0 Å². The first-order valence-electron chi connectivity index (χ1n) is 12.4. The molecule has 5 rings (SSSR count). The van der Waals surface area contributed by atoms with Crippen molar-refractivity contribution in [1.82, 2.24) is 19.6 Å². The van der Waals surface area contributed by atoms with Crippen LogP contribution in [0.3, 0.4) is 0 Å². The fourth-order valence-electron chi connectivity index (χ4n) is 4.74. The lowest BCUT2D eigenvalue weighted by atomic mass is 10.1. The molecule has 2 saturated heterocycles. The molecule has 2 aliphatic heterocycles. The molecule has 2 aliphatic rings. The van der Waals surface area contributed by atoms with Crippen LogP contribution >= 0.6 is 0 Å². The van der Waals surface area contributed by atoms with Crippen molar-refractivity contribution in [2.75, 3.05) is 32.8 Å². The van der Waals surface area contributed by atoms with Crippen LogP contribution in [0.5, 0.6) is 0 Å². The molecule has 35 heavy (non-hydrogen) atoms. The van der Waals surface area contributed by atoms with E-state index in [4.69, 9.17) is 9.84 Å². The SMILES string of the molecule is Cc1ccc(Cn2cc(C(=O)N3CCN(C(=O)C4CCCO4)CC3)c(-c3ccc(C)cc3)n2)cc1. The number of hydrogen-bond acceptors (Lipinski definition) is 4. The average Bonchev–Trinajstić information content (AvgIpc) is 3.56. The predicted octanol–water partition coefficient (Wildman–Crippen LogP) is 3.68. The number of piperazine rings is 1. The number of aromatic nitrogens is 2. The summed E-state index contributed by atoms with van der Waals surface area (Å²) >= 11 is 0. The Balaban J connectivity index is 1.35. The van der Waals surface area contributed by atoms with Gasteiger partial charge in [0.25, 0.3) is 11.8 Å². The minimum absolute atomic E-state index is 0.0417. The molecule has 2 amide bonds. The Hall–Kier alpha value is -3.45. The highest BCUT2D eigenvalue weighted by Gasteiger charge is 2.32. The van der Waals surface area contributed by atoms with Gasteiger partial charge < -0.3 is 14.5 Å². The zero-order valence-corrected chi connectivity index (χ0v) is 20.4. The maximum atomic E-state index is 13.6. The minimum atomic E-state index is -0.314. The molecule has 3 aromatic rings. The van der Waals surface area contributed by atoms with Crippen LogP contribution in [0.25, 0.3) is 11.3 Å². The summed E-state index contributed by atoms with van der Waals surface area (Å²) in [7, 11) is 0. The van der Waals surface area contributed by atoms with Crippen LogP contribution in [0.4, 0.5) is 0 Å². The van der Waals surface area contributed by atoms with Crippen molar-refractivity contribution in [3.8, 4) is 11.3 Å². The van der Waals surface area contributed by atoms with Gasteiger partial charge in [-0.05, 0) is 32.3 Å². The fraction of sp³-hybridized carbons (Fsp3) is 0.393. The molecule has 2 aromatic carbocycles. The molecule has 182 valence electrons. The van der Waals surface area contributed by atoms with Gasteiger partial charge in [0.2, 0.25) is 0 Å². The van der Waals surface area contributed by atoms with Crippen LogP contribution in [0, 0.1) is 13.8 Å². The molecule has 1 aromatic heterocycles. The molecule has 0 bridgehead atoms. The van der Waals surface area contributed by atoms with E-state index in [0.29, 0.717) is 50.6 Å². The Morgan fingerprint density at radius 2 is 1.54 bits per heavy atom. The van der Waals surface area contributed by atoms with Gasteiger partial charge in [0.1, 0.15) is 11.8 Å². The van der Waals surface area contributed by atoms with E-state index in [1.807, 2.05) is 51.9 Å². The Bertz CT molecular complexity index is 1190. The molecule has 7 nitrogen and oxygen atoms in total. The van der Waals surface area contributed by atoms with Gasteiger partial charge in [-0.1, -0.05) is 59.7 Å². The molecule has 0 radical (unpaired) electrons. The van der Waals surface area contributed by atoms with Crippen molar-refractivity contribution < 1.29 is 14.3 Å². The van der Waals surface area contributed by atoms with Crippen LogP contribution in [0.2, 0.25) is 0 Å². The number of amides is 2. The van der Waals surface area contributed by atoms with Gasteiger partial charge in [0.05, 0.1) is 12.1 Å². The number of ether oxygens (including phenoxy) is 1. The largest absolute Gasteiger partial charge is 0.368 e. The Kier molecular flexibility index (Phi) is 6.68. The van der Waals surface area contributed by atoms with Gasteiger partial charge in [-0.3, -0.25) is 14.3 Å². The van der Waals surface area contributed by atoms with Crippen LogP contribution < -0.4 is 0 Å². The summed E-state index contributed by atoms with van der Waals surface area (Å²) in [5, 5.41) is 4.83. The molecule has 0 spiro atoms. The van der Waals surface area contributed by atoms with E-state index >= 15 is 0 Å². The summed E-state index contributed by atoms with van der Waals surface area (Å²) in [5.41, 5.74) is 5.72. The number of nitrogens with zero attached hydrogens (tertiary/aromatic N) is 4. The molecule has 0 aliphatic carbocycles. The van der Waals surface area contributed by atoms with Crippen LogP contribution in [0.1, 0.15) is 39.9 Å². The Labute approximate surface area is 206 Å². The van der Waals surface area contributed by atoms with Gasteiger partial charge in [0, 0.05) is 44.5 Å². The van der Waals surface area contributed by atoms with Crippen molar-refractivity contribution in [3.63, 3.8) is 0 Å². The zero-order valence-electron chi connectivity index (χ0n) is 20.4. The lowest BCUT2D eigenvalue weighted by molar-refractivity contribution is -0.142. The van der Waals surface area contributed by atoms with Crippen molar-refractivity contribution in [2.45, 2.75) is 39.3 Å². The van der Waals surface area contributed by atoms with E-state index in [9.17, 15) is 9.59 Å². The smallest absolute Gasteiger partial charge is 0.257 e. The number of carbonyl (C=O) groups excluding carboxylic acids is 2. The highest BCUT2D eigenvalue weighted by molar-refractivity contribution is 6.00. The van der Waals surface area contributed by atoms with E-state index in [1.165, 1.54) is 5.56 Å². The third-order valence-corrected chi connectivity index (χ3v) is 6.87. The third kappa shape index (κ3) is 5.15. The van der Waals surface area contributed by atoms with E-state index in [2.05, 4.69) is 31.2 Å². The number of hydrogen-bond donors (Lipinski definition) is 0. The number of rotatable bonds is 5. The number of carbonyl (C=O) groups is 2. The number of aryl methyl sites for hydroxylation is 2. The molecule has 3 heterocycles. The summed E-state index contributed by atoms with van der Waals surface area (Å²) in [5.74, 6) is 0.0146. The quantitative estimate of drug-likeness (QED) is 0.568. The van der Waals surface area contributed by atoms with Crippen molar-refractivity contribution >= 4 is 11.8 Å².